The highest BCUT2D eigenvalue weighted by Gasteiger charge is 2.08. The molecule has 0 aromatic heterocycles. The Morgan fingerprint density at radius 1 is 1.05 bits per heavy atom. The standard InChI is InChI=1S/C18H22FNO/c1-4-16(20)9-14-7-5-12(2)17(10-14)21-18-11-15(19)8-6-13(18)3/h5-8,10-11,16H,4,9,20H2,1-3H3. The van der Waals surface area contributed by atoms with Crippen molar-refractivity contribution >= 4 is 0 Å². The minimum Gasteiger partial charge on any atom is -0.457 e. The van der Waals surface area contributed by atoms with Crippen LogP contribution in [-0.2, 0) is 6.42 Å². The van der Waals surface area contributed by atoms with Gasteiger partial charge in [0.25, 0.3) is 0 Å². The summed E-state index contributed by atoms with van der Waals surface area (Å²) in [4.78, 5) is 0. The fraction of sp³-hybridized carbons (Fsp3) is 0.333. The van der Waals surface area contributed by atoms with Crippen molar-refractivity contribution in [2.75, 3.05) is 0 Å². The van der Waals surface area contributed by atoms with E-state index in [2.05, 4.69) is 13.0 Å². The molecule has 0 bridgehead atoms. The van der Waals surface area contributed by atoms with Gasteiger partial charge in [-0.25, -0.2) is 4.39 Å². The number of rotatable bonds is 5. The SMILES string of the molecule is CCC(N)Cc1ccc(C)c(Oc2cc(F)ccc2C)c1. The quantitative estimate of drug-likeness (QED) is 0.877. The molecule has 112 valence electrons. The average Bonchev–Trinajstić information content (AvgIpc) is 2.46. The molecule has 2 aromatic rings. The second kappa shape index (κ2) is 6.72. The van der Waals surface area contributed by atoms with E-state index in [1.807, 2.05) is 26.0 Å². The van der Waals surface area contributed by atoms with E-state index in [1.165, 1.54) is 12.1 Å². The molecule has 0 aliphatic rings. The molecular weight excluding hydrogens is 265 g/mol. The molecule has 0 radical (unpaired) electrons. The van der Waals surface area contributed by atoms with E-state index >= 15 is 0 Å². The van der Waals surface area contributed by atoms with Gasteiger partial charge in [-0.3, -0.25) is 0 Å². The molecule has 3 heteroatoms. The second-order valence-electron chi connectivity index (χ2n) is 5.48. The van der Waals surface area contributed by atoms with Gasteiger partial charge in [-0.15, -0.1) is 0 Å². The Kier molecular flexibility index (Phi) is 4.97. The normalized spacial score (nSPS) is 12.2. The summed E-state index contributed by atoms with van der Waals surface area (Å²) in [6, 6.07) is 10.8. The van der Waals surface area contributed by atoms with Crippen LogP contribution >= 0.6 is 0 Å². The van der Waals surface area contributed by atoms with Gasteiger partial charge in [0.05, 0.1) is 0 Å². The summed E-state index contributed by atoms with van der Waals surface area (Å²) in [5, 5.41) is 0. The molecule has 0 fully saturated rings. The third-order valence-electron chi connectivity index (χ3n) is 3.64. The molecule has 0 amide bonds. The van der Waals surface area contributed by atoms with Crippen molar-refractivity contribution in [2.45, 2.75) is 39.7 Å². The fourth-order valence-corrected chi connectivity index (χ4v) is 2.13. The summed E-state index contributed by atoms with van der Waals surface area (Å²) in [7, 11) is 0. The maximum Gasteiger partial charge on any atom is 0.133 e. The van der Waals surface area contributed by atoms with Crippen LogP contribution in [0, 0.1) is 19.7 Å². The van der Waals surface area contributed by atoms with Crippen molar-refractivity contribution in [1.29, 1.82) is 0 Å². The number of ether oxygens (including phenoxy) is 1. The van der Waals surface area contributed by atoms with E-state index in [9.17, 15) is 4.39 Å². The first-order chi connectivity index (χ1) is 9.99. The lowest BCUT2D eigenvalue weighted by Crippen LogP contribution is -2.21. The van der Waals surface area contributed by atoms with Crippen molar-refractivity contribution in [2.24, 2.45) is 5.73 Å². The first-order valence-corrected chi connectivity index (χ1v) is 7.28. The minimum absolute atomic E-state index is 0.150. The number of nitrogens with two attached hydrogens (primary N) is 1. The van der Waals surface area contributed by atoms with E-state index < -0.39 is 0 Å². The maximum atomic E-state index is 13.4. The fourth-order valence-electron chi connectivity index (χ4n) is 2.13. The van der Waals surface area contributed by atoms with E-state index in [1.54, 1.807) is 6.07 Å². The highest BCUT2D eigenvalue weighted by molar-refractivity contribution is 5.42. The van der Waals surface area contributed by atoms with Crippen LogP contribution in [0.5, 0.6) is 11.5 Å². The topological polar surface area (TPSA) is 35.2 Å². The van der Waals surface area contributed by atoms with Gasteiger partial charge in [-0.2, -0.15) is 0 Å². The minimum atomic E-state index is -0.294. The number of benzene rings is 2. The molecule has 0 heterocycles. The Morgan fingerprint density at radius 2 is 1.67 bits per heavy atom. The molecule has 2 nitrogen and oxygen atoms in total. The third kappa shape index (κ3) is 4.05. The van der Waals surface area contributed by atoms with Crippen LogP contribution in [0.15, 0.2) is 36.4 Å². The van der Waals surface area contributed by atoms with E-state index in [-0.39, 0.29) is 11.9 Å². The predicted octanol–water partition coefficient (Wildman–Crippen LogP) is 4.51. The molecule has 2 rings (SSSR count). The Hall–Kier alpha value is -1.87. The van der Waals surface area contributed by atoms with Crippen molar-refractivity contribution in [3.05, 3.63) is 58.9 Å². The average molecular weight is 287 g/mol. The van der Waals surface area contributed by atoms with Crippen molar-refractivity contribution in [3.63, 3.8) is 0 Å². The summed E-state index contributed by atoms with van der Waals surface area (Å²) in [6.07, 6.45) is 1.75. The molecule has 0 saturated carbocycles. The lowest BCUT2D eigenvalue weighted by molar-refractivity contribution is 0.468. The molecule has 2 N–H and O–H groups in total. The van der Waals surface area contributed by atoms with Crippen LogP contribution in [-0.4, -0.2) is 6.04 Å². The highest BCUT2D eigenvalue weighted by atomic mass is 19.1. The van der Waals surface area contributed by atoms with Crippen LogP contribution in [0.25, 0.3) is 0 Å². The molecular formula is C18H22FNO. The van der Waals surface area contributed by atoms with E-state index in [4.69, 9.17) is 10.5 Å². The molecule has 1 unspecified atom stereocenters. The number of hydrogen-bond acceptors (Lipinski definition) is 2. The molecule has 0 spiro atoms. The largest absolute Gasteiger partial charge is 0.457 e. The van der Waals surface area contributed by atoms with Crippen LogP contribution in [0.1, 0.15) is 30.0 Å². The zero-order chi connectivity index (χ0) is 15.4. The van der Waals surface area contributed by atoms with Crippen molar-refractivity contribution < 1.29 is 9.13 Å². The lowest BCUT2D eigenvalue weighted by Gasteiger charge is -2.14. The van der Waals surface area contributed by atoms with Gasteiger partial charge in [0.1, 0.15) is 17.3 Å². The Morgan fingerprint density at radius 3 is 2.33 bits per heavy atom. The monoisotopic (exact) mass is 287 g/mol. The molecule has 0 aliphatic heterocycles. The summed E-state index contributed by atoms with van der Waals surface area (Å²) < 4.78 is 19.2. The third-order valence-corrected chi connectivity index (χ3v) is 3.64. The second-order valence-corrected chi connectivity index (χ2v) is 5.48. The van der Waals surface area contributed by atoms with E-state index in [0.717, 1.165) is 35.3 Å². The lowest BCUT2D eigenvalue weighted by atomic mass is 10.0. The Balaban J connectivity index is 2.26. The first-order valence-electron chi connectivity index (χ1n) is 7.28. The first kappa shape index (κ1) is 15.5. The molecule has 0 saturated heterocycles. The van der Waals surface area contributed by atoms with Crippen molar-refractivity contribution in [3.8, 4) is 11.5 Å². The van der Waals surface area contributed by atoms with Gasteiger partial charge in [-0.1, -0.05) is 25.1 Å². The Bertz CT molecular complexity index is 625. The van der Waals surface area contributed by atoms with Crippen LogP contribution in [0.3, 0.4) is 0 Å². The van der Waals surface area contributed by atoms with Crippen LogP contribution in [0.2, 0.25) is 0 Å². The number of hydrogen-bond donors (Lipinski definition) is 1. The van der Waals surface area contributed by atoms with Crippen LogP contribution in [0.4, 0.5) is 4.39 Å². The summed E-state index contributed by atoms with van der Waals surface area (Å²) in [5.41, 5.74) is 9.07. The number of halogens is 1. The summed E-state index contributed by atoms with van der Waals surface area (Å²) in [6.45, 7) is 5.96. The van der Waals surface area contributed by atoms with Gasteiger partial charge in [0, 0.05) is 12.1 Å². The summed E-state index contributed by atoms with van der Waals surface area (Å²) in [5.74, 6) is 1.01. The summed E-state index contributed by atoms with van der Waals surface area (Å²) >= 11 is 0. The highest BCUT2D eigenvalue weighted by Crippen LogP contribution is 2.29. The predicted molar refractivity (Wildman–Crippen MR) is 84.4 cm³/mol. The van der Waals surface area contributed by atoms with Gasteiger partial charge in [0.15, 0.2) is 0 Å². The Labute approximate surface area is 125 Å². The van der Waals surface area contributed by atoms with Gasteiger partial charge >= 0.3 is 0 Å². The van der Waals surface area contributed by atoms with Gasteiger partial charge < -0.3 is 10.5 Å². The van der Waals surface area contributed by atoms with E-state index in [0.29, 0.717) is 5.75 Å². The van der Waals surface area contributed by atoms with Crippen LogP contribution < -0.4 is 10.5 Å². The molecule has 1 atom stereocenters. The van der Waals surface area contributed by atoms with Gasteiger partial charge in [-0.05, 0) is 55.5 Å². The zero-order valence-electron chi connectivity index (χ0n) is 12.8. The molecule has 2 aromatic carbocycles. The number of aryl methyl sites for hydroxylation is 2. The van der Waals surface area contributed by atoms with Crippen molar-refractivity contribution in [1.82, 2.24) is 0 Å². The van der Waals surface area contributed by atoms with Gasteiger partial charge in [0.2, 0.25) is 0 Å². The smallest absolute Gasteiger partial charge is 0.133 e. The maximum absolute atomic E-state index is 13.4. The molecule has 21 heavy (non-hydrogen) atoms. The zero-order valence-corrected chi connectivity index (χ0v) is 12.8. The molecule has 0 aliphatic carbocycles.